The molecule has 9 aromatic rings. The Hall–Kier alpha value is -5.92. The Morgan fingerprint density at radius 3 is 1.60 bits per heavy atom. The molecule has 0 saturated heterocycles. The van der Waals surface area contributed by atoms with Crippen molar-refractivity contribution in [3.05, 3.63) is 169 Å². The third-order valence-electron chi connectivity index (χ3n) is 7.15. The normalized spacial score (nSPS) is 20.0. The SMILES string of the molecule is [2H]c1cc(-c2c([2H])c([2H])c([2H])c([2H])c2[2H])c([2H])c([2H])c1-c1c([2H])c([2H])c([2H])c([2H])c1-c1c2c([2H])c([2H])c([2H])c([2H])c2c(-c2c([2H])c([2H])c3oc4c([2H])c([2H])c([2H])c([2H])c4c3c2[2H])c2c([2H])c([2H])c([2H])c([2H])c12. The van der Waals surface area contributed by atoms with Crippen LogP contribution in [-0.2, 0) is 0 Å². The van der Waals surface area contributed by atoms with E-state index in [-0.39, 0.29) is 0 Å². The molecule has 9 rings (SSSR count). The quantitative estimate of drug-likeness (QED) is 0.183. The Kier molecular flexibility index (Phi) is 2.38. The van der Waals surface area contributed by atoms with Crippen molar-refractivity contribution in [3.8, 4) is 44.5 Å². The Bertz CT molecular complexity index is 3950. The van der Waals surface area contributed by atoms with Crippen LogP contribution in [0.1, 0.15) is 37.0 Å². The molecule has 0 aliphatic carbocycles. The topological polar surface area (TPSA) is 13.1 Å². The van der Waals surface area contributed by atoms with Crippen LogP contribution in [0.3, 0.4) is 0 Å². The molecule has 0 aliphatic rings. The molecule has 0 atom stereocenters. The minimum absolute atomic E-state index is 0.432. The highest BCUT2D eigenvalue weighted by atomic mass is 16.3. The van der Waals surface area contributed by atoms with Crippen LogP contribution >= 0.6 is 0 Å². The summed E-state index contributed by atoms with van der Waals surface area (Å²) in [5, 5.41) is -3.91. The van der Waals surface area contributed by atoms with Gasteiger partial charge >= 0.3 is 0 Å². The Morgan fingerprint density at radius 2 is 0.867 bits per heavy atom. The third kappa shape index (κ3) is 4.17. The fraction of sp³-hybridized carbons (Fsp3) is 0. The molecule has 0 unspecified atom stereocenters. The van der Waals surface area contributed by atoms with Gasteiger partial charge in [-0.2, -0.15) is 0 Å². The first-order chi connectivity index (χ1) is 33.6. The van der Waals surface area contributed by atoms with Crippen LogP contribution in [0, 0.1) is 0 Å². The first-order valence-corrected chi connectivity index (χ1v) is 13.2. The van der Waals surface area contributed by atoms with Gasteiger partial charge in [0.05, 0.1) is 37.0 Å². The van der Waals surface area contributed by atoms with Crippen LogP contribution in [0.5, 0.6) is 0 Å². The second kappa shape index (κ2) is 10.4. The molecule has 0 N–H and O–H groups in total. The molecule has 0 radical (unpaired) electrons. The molecule has 0 fully saturated rings. The van der Waals surface area contributed by atoms with E-state index < -0.39 is 251 Å². The van der Waals surface area contributed by atoms with Gasteiger partial charge in [-0.3, -0.25) is 0 Å². The lowest BCUT2D eigenvalue weighted by Gasteiger charge is -2.20. The van der Waals surface area contributed by atoms with Crippen molar-refractivity contribution in [2.45, 2.75) is 0 Å². The van der Waals surface area contributed by atoms with E-state index in [1.807, 2.05) is 0 Å². The summed E-state index contributed by atoms with van der Waals surface area (Å²) in [4.78, 5) is 0. The summed E-state index contributed by atoms with van der Waals surface area (Å²) >= 11 is 0. The minimum Gasteiger partial charge on any atom is -0.456 e. The van der Waals surface area contributed by atoms with Crippen LogP contribution in [0.4, 0.5) is 0 Å². The highest BCUT2D eigenvalue weighted by Gasteiger charge is 2.19. The Morgan fingerprint density at radius 1 is 0.333 bits per heavy atom. The lowest BCUT2D eigenvalue weighted by Crippen LogP contribution is -1.92. The van der Waals surface area contributed by atoms with Gasteiger partial charge in [0, 0.05) is 10.8 Å². The average molecular weight is 600 g/mol. The second-order valence-corrected chi connectivity index (χ2v) is 9.59. The summed E-state index contributed by atoms with van der Waals surface area (Å²) < 4.78 is 247. The first kappa shape index (κ1) is 10.3. The van der Waals surface area contributed by atoms with E-state index in [0.717, 1.165) is 6.07 Å². The molecule has 0 amide bonds. The van der Waals surface area contributed by atoms with Gasteiger partial charge < -0.3 is 4.42 Å². The smallest absolute Gasteiger partial charge is 0.135 e. The van der Waals surface area contributed by atoms with Gasteiger partial charge in [-0.25, -0.2) is 0 Å². The van der Waals surface area contributed by atoms with E-state index in [1.165, 1.54) is 0 Å². The monoisotopic (exact) mass is 599 g/mol. The number of benzene rings is 8. The van der Waals surface area contributed by atoms with Gasteiger partial charge in [0.25, 0.3) is 0 Å². The van der Waals surface area contributed by atoms with E-state index >= 15 is 0 Å². The van der Waals surface area contributed by atoms with E-state index in [0.29, 0.717) is 0 Å². The first-order valence-electron chi connectivity index (χ1n) is 26.7. The van der Waals surface area contributed by atoms with Gasteiger partial charge in [0.2, 0.25) is 0 Å². The molecule has 0 saturated carbocycles. The fourth-order valence-corrected chi connectivity index (χ4v) is 5.24. The Balaban J connectivity index is 1.57. The van der Waals surface area contributed by atoms with Crippen LogP contribution in [-0.4, -0.2) is 0 Å². The minimum atomic E-state index is -1.06. The number of fused-ring (bicyclic) bond motifs is 5. The number of furan rings is 1. The molecule has 1 heterocycles. The van der Waals surface area contributed by atoms with Crippen molar-refractivity contribution in [3.63, 3.8) is 0 Å². The van der Waals surface area contributed by atoms with Gasteiger partial charge in [-0.15, -0.1) is 0 Å². The van der Waals surface area contributed by atoms with Crippen LogP contribution in [0.25, 0.3) is 88.0 Å². The maximum absolute atomic E-state index is 9.67. The van der Waals surface area contributed by atoms with Crippen molar-refractivity contribution >= 4 is 43.5 Å². The van der Waals surface area contributed by atoms with E-state index in [2.05, 4.69) is 0 Å². The van der Waals surface area contributed by atoms with Gasteiger partial charge in [-0.1, -0.05) is 151 Å². The summed E-state index contributed by atoms with van der Waals surface area (Å²) in [6.45, 7) is 0. The third-order valence-corrected chi connectivity index (χ3v) is 7.15. The summed E-state index contributed by atoms with van der Waals surface area (Å²) in [5.41, 5.74) is -6.85. The van der Waals surface area contributed by atoms with Crippen LogP contribution in [0.15, 0.2) is 174 Å². The zero-order valence-electron chi connectivity index (χ0n) is 49.5. The standard InChI is InChI=1S/C44H28O/c1-2-12-29(13-3-1)30-22-24-31(25-23-30)33-14-4-5-16-35(33)44-38-19-8-6-17-36(38)43(37-18-7-9-20-39(37)44)32-26-27-42-40(28-32)34-15-10-11-21-41(34)45-42/h1-28H/i1D,2D,3D,4D,5D,6D,7D,8D,9D,10D,11D,12D,13D,14D,15D,16D,17D,18D,19D,20D,21D,22D,24D,25D,26D,27D,28D. The molecule has 1 aromatic heterocycles. The number of para-hydroxylation sites is 1. The van der Waals surface area contributed by atoms with E-state index in [4.69, 9.17) is 27.7 Å². The largest absolute Gasteiger partial charge is 0.456 e. The van der Waals surface area contributed by atoms with E-state index in [1.54, 1.807) is 0 Å². The highest BCUT2D eigenvalue weighted by molar-refractivity contribution is 6.23. The van der Waals surface area contributed by atoms with Crippen LogP contribution < -0.4 is 0 Å². The molecule has 0 aliphatic heterocycles. The van der Waals surface area contributed by atoms with Crippen molar-refractivity contribution < 1.29 is 41.4 Å². The van der Waals surface area contributed by atoms with Crippen LogP contribution in [0.2, 0.25) is 0 Å². The lowest BCUT2D eigenvalue weighted by molar-refractivity contribution is 0.669. The zero-order valence-corrected chi connectivity index (χ0v) is 22.5. The summed E-state index contributed by atoms with van der Waals surface area (Å²) in [6.07, 6.45) is 0. The van der Waals surface area contributed by atoms with Gasteiger partial charge in [-0.05, 0) is 84.2 Å². The molecule has 8 aromatic carbocycles. The lowest BCUT2D eigenvalue weighted by atomic mass is 9.83. The van der Waals surface area contributed by atoms with Gasteiger partial charge in [0.15, 0.2) is 0 Å². The predicted octanol–water partition coefficient (Wildman–Crippen LogP) is 12.6. The molecule has 1 heteroatoms. The number of hydrogen-bond donors (Lipinski definition) is 0. The fourth-order valence-electron chi connectivity index (χ4n) is 5.24. The maximum Gasteiger partial charge on any atom is 0.135 e. The summed E-state index contributed by atoms with van der Waals surface area (Å²) in [5.74, 6) is 0. The molecular formula is C44H28O. The second-order valence-electron chi connectivity index (χ2n) is 9.59. The summed E-state index contributed by atoms with van der Waals surface area (Å²) in [6, 6.07) is -23.8. The molecule has 0 spiro atoms. The van der Waals surface area contributed by atoms with Gasteiger partial charge in [0.1, 0.15) is 11.2 Å². The van der Waals surface area contributed by atoms with Crippen molar-refractivity contribution in [2.24, 2.45) is 0 Å². The van der Waals surface area contributed by atoms with Crippen molar-refractivity contribution in [1.82, 2.24) is 0 Å². The Labute approximate surface area is 299 Å². The van der Waals surface area contributed by atoms with Crippen molar-refractivity contribution in [1.29, 1.82) is 0 Å². The molecule has 1 nitrogen and oxygen atoms in total. The predicted molar refractivity (Wildman–Crippen MR) is 190 cm³/mol. The molecular weight excluding hydrogens is 544 g/mol. The zero-order chi connectivity index (χ0) is 53.2. The number of hydrogen-bond acceptors (Lipinski definition) is 1. The maximum atomic E-state index is 9.67. The molecule has 45 heavy (non-hydrogen) atoms. The summed E-state index contributed by atoms with van der Waals surface area (Å²) in [7, 11) is 0. The van der Waals surface area contributed by atoms with E-state index in [9.17, 15) is 13.7 Å². The molecule has 0 bridgehead atoms. The molecule has 210 valence electrons. The number of rotatable bonds is 4. The highest BCUT2D eigenvalue weighted by Crippen LogP contribution is 2.46. The van der Waals surface area contributed by atoms with Crippen molar-refractivity contribution in [2.75, 3.05) is 0 Å². The average Bonchev–Trinajstić information content (AvgIpc) is 3.76.